The van der Waals surface area contributed by atoms with Gasteiger partial charge in [-0.05, 0) is 6.92 Å². The molecule has 0 aromatic carbocycles. The van der Waals surface area contributed by atoms with Crippen LogP contribution in [0.5, 0.6) is 0 Å². The zero-order valence-electron chi connectivity index (χ0n) is 9.11. The minimum absolute atomic E-state index is 0.0891. The highest BCUT2D eigenvalue weighted by Gasteiger charge is 2.14. The molecule has 0 saturated heterocycles. The normalized spacial score (nSPS) is 12.4. The topological polar surface area (TPSA) is 107 Å². The molecule has 0 spiro atoms. The van der Waals surface area contributed by atoms with Crippen LogP contribution in [0, 0.1) is 0 Å². The summed E-state index contributed by atoms with van der Waals surface area (Å²) in [4.78, 5) is 19.0. The molecule has 0 aliphatic heterocycles. The van der Waals surface area contributed by atoms with Crippen LogP contribution in [-0.4, -0.2) is 30.8 Å². The third-order valence-electron chi connectivity index (χ3n) is 2.18. The maximum atomic E-state index is 10.8. The Morgan fingerprint density at radius 1 is 1.47 bits per heavy atom. The lowest BCUT2D eigenvalue weighted by molar-refractivity contribution is 0.0697. The molecule has 2 rings (SSSR count). The zero-order valence-corrected chi connectivity index (χ0v) is 9.11. The summed E-state index contributed by atoms with van der Waals surface area (Å²) in [5, 5.41) is 12.7. The summed E-state index contributed by atoms with van der Waals surface area (Å²) in [6, 6.07) is -0.309. The van der Waals surface area contributed by atoms with Crippen LogP contribution in [0.2, 0.25) is 0 Å². The van der Waals surface area contributed by atoms with E-state index in [0.29, 0.717) is 11.5 Å². The SMILES string of the molecule is CC(N)c1nccnc1-n1cc(C(=O)O)cn1. The molecular formula is C10H11N5O2. The van der Waals surface area contributed by atoms with Crippen LogP contribution in [-0.2, 0) is 0 Å². The van der Waals surface area contributed by atoms with E-state index in [0.717, 1.165) is 0 Å². The van der Waals surface area contributed by atoms with Crippen molar-refractivity contribution in [3.8, 4) is 5.82 Å². The molecule has 1 atom stereocenters. The number of nitrogens with zero attached hydrogens (tertiary/aromatic N) is 4. The molecule has 0 radical (unpaired) electrons. The van der Waals surface area contributed by atoms with Crippen molar-refractivity contribution in [1.82, 2.24) is 19.7 Å². The Kier molecular flexibility index (Phi) is 2.84. The first-order valence-electron chi connectivity index (χ1n) is 4.94. The molecule has 7 heteroatoms. The zero-order chi connectivity index (χ0) is 12.4. The number of aromatic carboxylic acids is 1. The third kappa shape index (κ3) is 2.13. The Balaban J connectivity index is 2.48. The summed E-state index contributed by atoms with van der Waals surface area (Å²) in [5.41, 5.74) is 6.41. The molecule has 0 bridgehead atoms. The molecule has 1 unspecified atom stereocenters. The second kappa shape index (κ2) is 4.30. The molecule has 3 N–H and O–H groups in total. The fourth-order valence-corrected chi connectivity index (χ4v) is 1.39. The first kappa shape index (κ1) is 11.2. The van der Waals surface area contributed by atoms with Gasteiger partial charge in [0, 0.05) is 24.6 Å². The Morgan fingerprint density at radius 2 is 2.18 bits per heavy atom. The highest BCUT2D eigenvalue weighted by molar-refractivity contribution is 5.86. The first-order valence-corrected chi connectivity index (χ1v) is 4.94. The van der Waals surface area contributed by atoms with E-state index in [-0.39, 0.29) is 11.6 Å². The summed E-state index contributed by atoms with van der Waals surface area (Å²) in [6.45, 7) is 1.77. The van der Waals surface area contributed by atoms with Gasteiger partial charge in [0.15, 0.2) is 5.82 Å². The molecule has 88 valence electrons. The number of nitrogens with two attached hydrogens (primary N) is 1. The summed E-state index contributed by atoms with van der Waals surface area (Å²) in [7, 11) is 0. The van der Waals surface area contributed by atoms with E-state index in [9.17, 15) is 4.79 Å². The maximum absolute atomic E-state index is 10.8. The highest BCUT2D eigenvalue weighted by Crippen LogP contribution is 2.14. The van der Waals surface area contributed by atoms with Crippen LogP contribution in [0.4, 0.5) is 0 Å². The molecule has 0 amide bonds. The molecule has 2 heterocycles. The number of aromatic nitrogens is 4. The predicted molar refractivity (Wildman–Crippen MR) is 58.7 cm³/mol. The van der Waals surface area contributed by atoms with Gasteiger partial charge in [0.2, 0.25) is 0 Å². The van der Waals surface area contributed by atoms with Gasteiger partial charge in [-0.3, -0.25) is 4.98 Å². The lowest BCUT2D eigenvalue weighted by Gasteiger charge is -2.09. The van der Waals surface area contributed by atoms with Crippen molar-refractivity contribution in [2.24, 2.45) is 5.73 Å². The van der Waals surface area contributed by atoms with Gasteiger partial charge >= 0.3 is 5.97 Å². The van der Waals surface area contributed by atoms with E-state index in [1.165, 1.54) is 29.5 Å². The number of carboxylic acids is 1. The lowest BCUT2D eigenvalue weighted by atomic mass is 10.2. The fourth-order valence-electron chi connectivity index (χ4n) is 1.39. The van der Waals surface area contributed by atoms with Crippen molar-refractivity contribution in [2.45, 2.75) is 13.0 Å². The van der Waals surface area contributed by atoms with Crippen LogP contribution in [0.25, 0.3) is 5.82 Å². The van der Waals surface area contributed by atoms with E-state index in [4.69, 9.17) is 10.8 Å². The Bertz CT molecular complexity index is 549. The molecular weight excluding hydrogens is 222 g/mol. The van der Waals surface area contributed by atoms with Gasteiger partial charge in [0.05, 0.1) is 11.8 Å². The Morgan fingerprint density at radius 3 is 2.76 bits per heavy atom. The lowest BCUT2D eigenvalue weighted by Crippen LogP contribution is -2.13. The molecule has 0 fully saturated rings. The van der Waals surface area contributed by atoms with Gasteiger partial charge in [-0.15, -0.1) is 0 Å². The fraction of sp³-hybridized carbons (Fsp3) is 0.200. The van der Waals surface area contributed by atoms with Crippen molar-refractivity contribution in [3.05, 3.63) is 36.0 Å². The second-order valence-corrected chi connectivity index (χ2v) is 3.53. The second-order valence-electron chi connectivity index (χ2n) is 3.53. The van der Waals surface area contributed by atoms with Gasteiger partial charge in [-0.25, -0.2) is 14.5 Å². The summed E-state index contributed by atoms with van der Waals surface area (Å²) >= 11 is 0. The number of carbonyl (C=O) groups is 1. The molecule has 2 aromatic heterocycles. The molecule has 0 aliphatic rings. The van der Waals surface area contributed by atoms with Crippen molar-refractivity contribution < 1.29 is 9.90 Å². The standard InChI is InChI=1S/C10H11N5O2/c1-6(11)8-9(13-3-2-12-8)15-5-7(4-14-15)10(16)17/h2-6H,11H2,1H3,(H,16,17). The third-order valence-corrected chi connectivity index (χ3v) is 2.18. The quantitative estimate of drug-likeness (QED) is 0.793. The van der Waals surface area contributed by atoms with E-state index in [1.807, 2.05) is 0 Å². The first-order chi connectivity index (χ1) is 8.09. The van der Waals surface area contributed by atoms with Crippen molar-refractivity contribution >= 4 is 5.97 Å². The Labute approximate surface area is 96.9 Å². The largest absolute Gasteiger partial charge is 0.478 e. The molecule has 17 heavy (non-hydrogen) atoms. The van der Waals surface area contributed by atoms with E-state index in [2.05, 4.69) is 15.1 Å². The van der Waals surface area contributed by atoms with Gasteiger partial charge in [-0.1, -0.05) is 0 Å². The van der Waals surface area contributed by atoms with Gasteiger partial charge in [0.1, 0.15) is 5.69 Å². The van der Waals surface area contributed by atoms with E-state index >= 15 is 0 Å². The summed E-state index contributed by atoms with van der Waals surface area (Å²) in [5.74, 6) is -0.600. The number of hydrogen-bond donors (Lipinski definition) is 2. The van der Waals surface area contributed by atoms with Crippen molar-refractivity contribution in [3.63, 3.8) is 0 Å². The average molecular weight is 233 g/mol. The highest BCUT2D eigenvalue weighted by atomic mass is 16.4. The van der Waals surface area contributed by atoms with Crippen LogP contribution < -0.4 is 5.73 Å². The summed E-state index contributed by atoms with van der Waals surface area (Å²) < 4.78 is 1.36. The molecule has 2 aromatic rings. The van der Waals surface area contributed by atoms with Crippen LogP contribution >= 0.6 is 0 Å². The van der Waals surface area contributed by atoms with E-state index in [1.54, 1.807) is 6.92 Å². The maximum Gasteiger partial charge on any atom is 0.338 e. The van der Waals surface area contributed by atoms with Crippen molar-refractivity contribution in [2.75, 3.05) is 0 Å². The smallest absolute Gasteiger partial charge is 0.338 e. The van der Waals surface area contributed by atoms with Crippen LogP contribution in [0.15, 0.2) is 24.8 Å². The molecule has 7 nitrogen and oxygen atoms in total. The average Bonchev–Trinajstić information content (AvgIpc) is 2.78. The van der Waals surface area contributed by atoms with Gasteiger partial charge < -0.3 is 10.8 Å². The van der Waals surface area contributed by atoms with Crippen molar-refractivity contribution in [1.29, 1.82) is 0 Å². The minimum Gasteiger partial charge on any atom is -0.478 e. The van der Waals surface area contributed by atoms with E-state index < -0.39 is 5.97 Å². The summed E-state index contributed by atoms with van der Waals surface area (Å²) in [6.07, 6.45) is 5.66. The number of carboxylic acid groups (broad SMARTS) is 1. The molecule has 0 aliphatic carbocycles. The van der Waals surface area contributed by atoms with Crippen LogP contribution in [0.3, 0.4) is 0 Å². The predicted octanol–water partition coefficient (Wildman–Crippen LogP) is 0.380. The number of hydrogen-bond acceptors (Lipinski definition) is 5. The van der Waals surface area contributed by atoms with Crippen LogP contribution in [0.1, 0.15) is 29.0 Å². The minimum atomic E-state index is -1.04. The monoisotopic (exact) mass is 233 g/mol. The number of rotatable bonds is 3. The van der Waals surface area contributed by atoms with Gasteiger partial charge in [-0.2, -0.15) is 5.10 Å². The van der Waals surface area contributed by atoms with Gasteiger partial charge in [0.25, 0.3) is 0 Å². The Hall–Kier alpha value is -2.28. The molecule has 0 saturated carbocycles.